The maximum absolute atomic E-state index is 11.4. The zero-order valence-electron chi connectivity index (χ0n) is 10.8. The van der Waals surface area contributed by atoms with Crippen LogP contribution in [-0.4, -0.2) is 26.2 Å². The summed E-state index contributed by atoms with van der Waals surface area (Å²) in [6.07, 6.45) is 8.87. The molecule has 0 N–H and O–H groups in total. The Hall–Kier alpha value is -1.58. The quantitative estimate of drug-likeness (QED) is 0.587. The van der Waals surface area contributed by atoms with Crippen LogP contribution >= 0.6 is 0 Å². The molecule has 0 aliphatic heterocycles. The zero-order valence-corrected chi connectivity index (χ0v) is 12.0. The van der Waals surface area contributed by atoms with E-state index in [1.54, 1.807) is 0 Å². The van der Waals surface area contributed by atoms with Crippen molar-refractivity contribution in [2.75, 3.05) is 0 Å². The van der Waals surface area contributed by atoms with Crippen LogP contribution in [0.3, 0.4) is 0 Å². The molecule has 0 aromatic carbocycles. The van der Waals surface area contributed by atoms with E-state index in [9.17, 15) is 4.79 Å². The molecule has 0 fully saturated rings. The molecule has 1 atom stereocenters. The summed E-state index contributed by atoms with van der Waals surface area (Å²) in [5.74, 6) is 2.39. The molecule has 0 bridgehead atoms. The fourth-order valence-electron chi connectivity index (χ4n) is 1.18. The first-order valence-corrected chi connectivity index (χ1v) is 7.33. The summed E-state index contributed by atoms with van der Waals surface area (Å²) >= 11 is -0.701. The van der Waals surface area contributed by atoms with Gasteiger partial charge in [-0.3, -0.25) is 14.4 Å². The van der Waals surface area contributed by atoms with Crippen LogP contribution in [0.4, 0.5) is 0 Å². The van der Waals surface area contributed by atoms with Gasteiger partial charge < -0.3 is 0 Å². The van der Waals surface area contributed by atoms with Crippen LogP contribution in [0.5, 0.6) is 0 Å². The van der Waals surface area contributed by atoms with E-state index in [0.29, 0.717) is 0 Å². The first-order chi connectivity index (χ1) is 9.16. The molecule has 1 rings (SSSR count). The molecule has 0 amide bonds. The van der Waals surface area contributed by atoms with Crippen LogP contribution in [-0.2, 0) is 33.1 Å². The molecule has 1 unspecified atom stereocenters. The number of hydrogen-bond acceptors (Lipinski definition) is 4. The summed E-state index contributed by atoms with van der Waals surface area (Å²) in [6, 6.07) is 0. The summed E-state index contributed by atoms with van der Waals surface area (Å²) in [5, 5.41) is 0. The first kappa shape index (κ1) is 22.6. The molecule has 1 aliphatic carbocycles. The third-order valence-electron chi connectivity index (χ3n) is 2.19. The van der Waals surface area contributed by atoms with Crippen LogP contribution in [0.15, 0.2) is 35.4 Å². The number of hydrogen-bond donors (Lipinski definition) is 0. The van der Waals surface area contributed by atoms with Gasteiger partial charge in [-0.2, -0.15) is 0 Å². The molecule has 0 aromatic rings. The standard InChI is InChI=1S/C5H7O.C5H5.3CO.CH3.Mn/c1-3-5(6)4-2;1-2-4-5-3-1;3*1-2;;/h3-4H,1H2,2H3;1-3H,4H2;;;;1H3;. The van der Waals surface area contributed by atoms with E-state index in [1.807, 2.05) is 6.92 Å². The summed E-state index contributed by atoms with van der Waals surface area (Å²) in [5.41, 5.74) is 0. The number of carbonyl (C=O) groups is 1. The van der Waals surface area contributed by atoms with Gasteiger partial charge in [0.25, 0.3) is 20.4 Å². The first-order valence-electron chi connectivity index (χ1n) is 4.88. The fraction of sp³-hybridized carbons (Fsp3) is 0.286. The minimum atomic E-state index is -0.701. The van der Waals surface area contributed by atoms with Gasteiger partial charge in [0.15, 0.2) is 0 Å². The normalized spacial score (nSPS) is 12.9. The van der Waals surface area contributed by atoms with Gasteiger partial charge in [0.1, 0.15) is 0 Å². The van der Waals surface area contributed by atoms with Gasteiger partial charge in [-0.1, -0.05) is 0 Å². The summed E-state index contributed by atoms with van der Waals surface area (Å²) in [6.45, 7) is 19.0. The van der Waals surface area contributed by atoms with E-state index in [0.717, 1.165) is 6.42 Å². The Bertz CT molecular complexity index is 319. The minimum absolute atomic E-state index is 0.163. The Labute approximate surface area is 119 Å². The average molecular weight is 302 g/mol. The second-order valence-corrected chi connectivity index (χ2v) is 6.38. The predicted octanol–water partition coefficient (Wildman–Crippen LogP) is 1.87. The third kappa shape index (κ3) is 9.05. The molecule has 6 radical (unpaired) electrons. The molecule has 0 saturated carbocycles. The minimum Gasteiger partial charge on any atom is -0.281 e. The van der Waals surface area contributed by atoms with Crippen molar-refractivity contribution in [2.24, 2.45) is 0 Å². The largest absolute Gasteiger partial charge is 0.281 e. The molecule has 19 heavy (non-hydrogen) atoms. The SMILES string of the molecule is C=CC(=O)[CH](C)[Mn]([CH3])[C]1=CC=CC1.[C]=O.[C]=O.[C]=O. The van der Waals surface area contributed by atoms with Crippen molar-refractivity contribution >= 4 is 26.2 Å². The maximum Gasteiger partial charge on any atom is 0.281 e. The number of rotatable bonds is 4. The van der Waals surface area contributed by atoms with Crippen molar-refractivity contribution in [3.8, 4) is 0 Å². The third-order valence-corrected chi connectivity index (χ3v) is 5.70. The molecule has 0 aromatic heterocycles. The van der Waals surface area contributed by atoms with Gasteiger partial charge in [0.05, 0.1) is 0 Å². The van der Waals surface area contributed by atoms with Crippen molar-refractivity contribution in [3.63, 3.8) is 0 Å². The van der Waals surface area contributed by atoms with E-state index in [4.69, 9.17) is 14.4 Å². The van der Waals surface area contributed by atoms with Crippen LogP contribution in [0.2, 0.25) is 10.6 Å². The summed E-state index contributed by atoms with van der Waals surface area (Å²) < 4.78 is 1.45. The molecule has 0 spiro atoms. The van der Waals surface area contributed by atoms with Crippen molar-refractivity contribution in [1.29, 1.82) is 0 Å². The van der Waals surface area contributed by atoms with E-state index in [2.05, 4.69) is 51.0 Å². The fourth-order valence-corrected chi connectivity index (χ4v) is 3.42. The second kappa shape index (κ2) is 16.4. The van der Waals surface area contributed by atoms with Gasteiger partial charge in [-0.05, 0) is 0 Å². The van der Waals surface area contributed by atoms with Crippen molar-refractivity contribution < 1.29 is 33.1 Å². The van der Waals surface area contributed by atoms with Gasteiger partial charge in [-0.15, -0.1) is 0 Å². The molecular weight excluding hydrogens is 287 g/mol. The number of allylic oxidation sites excluding steroid dienone is 5. The Morgan fingerprint density at radius 3 is 2.11 bits per heavy atom. The molecule has 1 aliphatic rings. The van der Waals surface area contributed by atoms with Crippen LogP contribution < -0.4 is 0 Å². The van der Waals surface area contributed by atoms with Crippen LogP contribution in [0.25, 0.3) is 0 Å². The second-order valence-electron chi connectivity index (χ2n) is 2.98. The van der Waals surface area contributed by atoms with Gasteiger partial charge in [0.2, 0.25) is 0 Å². The number of carbonyl (C=O) groups excluding carboxylic acids is 4. The number of ketones is 1. The van der Waals surface area contributed by atoms with Gasteiger partial charge >= 0.3 is 83.8 Å². The van der Waals surface area contributed by atoms with E-state index < -0.39 is 13.9 Å². The van der Waals surface area contributed by atoms with Crippen molar-refractivity contribution in [3.05, 3.63) is 35.4 Å². The molecular formula is C14H15MnO4. The van der Waals surface area contributed by atoms with Gasteiger partial charge in [0, 0.05) is 0 Å². The Kier molecular flexibility index (Phi) is 19.5. The molecule has 5 heteroatoms. The van der Waals surface area contributed by atoms with Crippen molar-refractivity contribution in [2.45, 2.75) is 24.0 Å². The molecule has 102 valence electrons. The molecule has 0 saturated heterocycles. The van der Waals surface area contributed by atoms with Crippen LogP contribution in [0, 0.1) is 0 Å². The average Bonchev–Trinajstić information content (AvgIpc) is 3.05. The van der Waals surface area contributed by atoms with Gasteiger partial charge in [-0.25, -0.2) is 0 Å². The Balaban J connectivity index is -0.000000375. The maximum atomic E-state index is 11.4. The Morgan fingerprint density at radius 1 is 1.32 bits per heavy atom. The molecule has 0 heterocycles. The van der Waals surface area contributed by atoms with Crippen molar-refractivity contribution in [1.82, 2.24) is 0 Å². The Morgan fingerprint density at radius 2 is 1.79 bits per heavy atom. The smallest absolute Gasteiger partial charge is 0.281 e. The van der Waals surface area contributed by atoms with E-state index >= 15 is 0 Å². The predicted molar refractivity (Wildman–Crippen MR) is 69.4 cm³/mol. The molecule has 4 nitrogen and oxygen atoms in total. The van der Waals surface area contributed by atoms with E-state index in [1.165, 1.54) is 10.5 Å². The topological polar surface area (TPSA) is 68.3 Å². The summed E-state index contributed by atoms with van der Waals surface area (Å²) in [7, 11) is 0. The van der Waals surface area contributed by atoms with Crippen LogP contribution in [0.1, 0.15) is 13.3 Å². The summed E-state index contributed by atoms with van der Waals surface area (Å²) in [4.78, 5) is 34.0. The zero-order chi connectivity index (χ0) is 15.8. The van der Waals surface area contributed by atoms with E-state index in [-0.39, 0.29) is 10.6 Å². The monoisotopic (exact) mass is 302 g/mol.